The number of rotatable bonds is 6. The van der Waals surface area contributed by atoms with Gasteiger partial charge in [0.05, 0.1) is 6.61 Å². The summed E-state index contributed by atoms with van der Waals surface area (Å²) in [4.78, 5) is 0. The smallest absolute Gasteiger partial charge is 0.314 e. The summed E-state index contributed by atoms with van der Waals surface area (Å²) in [5.41, 5.74) is 0. The van der Waals surface area contributed by atoms with E-state index in [9.17, 15) is 43.7 Å². The summed E-state index contributed by atoms with van der Waals surface area (Å²) in [5.74, 6) is -8.20. The second kappa shape index (κ2) is 5.13. The van der Waals surface area contributed by atoms with Gasteiger partial charge in [-0.3, -0.25) is 0 Å². The molecule has 0 aliphatic heterocycles. The molecule has 4 nitrogen and oxygen atoms in total. The third-order valence-electron chi connectivity index (χ3n) is 1.43. The van der Waals surface area contributed by atoms with E-state index in [2.05, 4.69) is 9.12 Å². The molecule has 18 heavy (non-hydrogen) atoms. The van der Waals surface area contributed by atoms with Crippen LogP contribution in [-0.2, 0) is 19.2 Å². The lowest BCUT2D eigenvalue weighted by Gasteiger charge is -2.27. The highest BCUT2D eigenvalue weighted by atomic mass is 32.2. The molecule has 0 unspecified atom stereocenters. The molecule has 0 fully saturated rings. The number of alkyl halides is 7. The zero-order valence-electron chi connectivity index (χ0n) is 7.98. The standard InChI is InChI=1S/C5H4F8O4S/c6-3(7,4(8,9)10)5(11,12)16-1-2-18(14,15)17-13/h1-2H2. The van der Waals surface area contributed by atoms with Gasteiger partial charge in [-0.05, 0) is 4.53 Å². The summed E-state index contributed by atoms with van der Waals surface area (Å²) in [6, 6.07) is 0. The highest BCUT2D eigenvalue weighted by Crippen LogP contribution is 2.46. The number of ether oxygens (including phenoxy) is 1. The minimum absolute atomic E-state index is 1.67. The molecule has 110 valence electrons. The minimum Gasteiger partial charge on any atom is -0.314 e. The van der Waals surface area contributed by atoms with Gasteiger partial charge < -0.3 is 4.74 Å². The Bertz CT molecular complexity index is 373. The lowest BCUT2D eigenvalue weighted by atomic mass is 10.3. The molecule has 0 rings (SSSR count). The van der Waals surface area contributed by atoms with Crippen molar-refractivity contribution in [2.24, 2.45) is 0 Å². The molecule has 0 aliphatic rings. The molecular weight excluding hydrogens is 308 g/mol. The van der Waals surface area contributed by atoms with Crippen molar-refractivity contribution in [2.75, 3.05) is 12.4 Å². The van der Waals surface area contributed by atoms with Crippen LogP contribution in [0.5, 0.6) is 0 Å². The van der Waals surface area contributed by atoms with Gasteiger partial charge in [-0.2, -0.15) is 39.2 Å². The number of hydrogen-bond acceptors (Lipinski definition) is 4. The topological polar surface area (TPSA) is 52.6 Å². The first-order valence-corrected chi connectivity index (χ1v) is 5.34. The average Bonchev–Trinajstić information content (AvgIpc) is 2.15. The van der Waals surface area contributed by atoms with Crippen LogP contribution in [0.4, 0.5) is 35.3 Å². The fraction of sp³-hybridized carbons (Fsp3) is 1.00. The van der Waals surface area contributed by atoms with Crippen molar-refractivity contribution >= 4 is 10.1 Å². The Morgan fingerprint density at radius 3 is 1.72 bits per heavy atom. The predicted octanol–water partition coefficient (Wildman–Crippen LogP) is 2.02. The molecule has 0 saturated carbocycles. The van der Waals surface area contributed by atoms with E-state index in [4.69, 9.17) is 0 Å². The number of hydrogen-bond donors (Lipinski definition) is 0. The molecular formula is C5H4F8O4S. The Morgan fingerprint density at radius 1 is 0.944 bits per heavy atom. The maximum Gasteiger partial charge on any atom is 0.462 e. The van der Waals surface area contributed by atoms with E-state index < -0.39 is 40.7 Å². The van der Waals surface area contributed by atoms with Crippen molar-refractivity contribution < 1.29 is 52.8 Å². The predicted molar refractivity (Wildman–Crippen MR) is 37.9 cm³/mol. The van der Waals surface area contributed by atoms with Gasteiger partial charge in [0.2, 0.25) is 0 Å². The van der Waals surface area contributed by atoms with Crippen LogP contribution in [0, 0.1) is 0 Å². The average molecular weight is 312 g/mol. The minimum atomic E-state index is -6.61. The van der Waals surface area contributed by atoms with Crippen LogP contribution in [0.25, 0.3) is 0 Å². The molecule has 0 aliphatic carbocycles. The molecule has 0 spiro atoms. The van der Waals surface area contributed by atoms with E-state index in [0.29, 0.717) is 0 Å². The SMILES string of the molecule is O=S(=O)(CCOC(F)(F)C(F)(F)C(F)(F)F)OF. The van der Waals surface area contributed by atoms with E-state index in [1.807, 2.05) is 0 Å². The normalized spacial score (nSPS) is 14.9. The quantitative estimate of drug-likeness (QED) is 0.704. The molecule has 0 aromatic heterocycles. The van der Waals surface area contributed by atoms with E-state index in [1.165, 1.54) is 0 Å². The molecule has 0 amide bonds. The van der Waals surface area contributed by atoms with Gasteiger partial charge in [-0.25, -0.2) is 0 Å². The van der Waals surface area contributed by atoms with Gasteiger partial charge in [0, 0.05) is 0 Å². The first-order chi connectivity index (χ1) is 7.77. The maximum atomic E-state index is 12.4. The van der Waals surface area contributed by atoms with Crippen LogP contribution in [0.1, 0.15) is 0 Å². The first-order valence-electron chi connectivity index (χ1n) is 3.76. The van der Waals surface area contributed by atoms with E-state index in [-0.39, 0.29) is 0 Å². The van der Waals surface area contributed by atoms with E-state index in [1.54, 1.807) is 0 Å². The Kier molecular flexibility index (Phi) is 4.93. The zero-order valence-corrected chi connectivity index (χ0v) is 8.80. The van der Waals surface area contributed by atoms with Gasteiger partial charge in [-0.15, -0.1) is 0 Å². The van der Waals surface area contributed by atoms with Crippen molar-refractivity contribution in [1.29, 1.82) is 0 Å². The largest absolute Gasteiger partial charge is 0.462 e. The lowest BCUT2D eigenvalue weighted by molar-refractivity contribution is -0.423. The molecule has 0 bridgehead atoms. The van der Waals surface area contributed by atoms with Crippen LogP contribution in [0.2, 0.25) is 0 Å². The monoisotopic (exact) mass is 312 g/mol. The summed E-state index contributed by atoms with van der Waals surface area (Å²) in [5, 5.41) is 0. The van der Waals surface area contributed by atoms with Gasteiger partial charge >= 0.3 is 18.2 Å². The van der Waals surface area contributed by atoms with Crippen molar-refractivity contribution in [3.8, 4) is 0 Å². The molecule has 0 aromatic rings. The lowest BCUT2D eigenvalue weighted by Crippen LogP contribution is -2.53. The fourth-order valence-corrected chi connectivity index (χ4v) is 0.910. The van der Waals surface area contributed by atoms with Gasteiger partial charge in [0.25, 0.3) is 10.1 Å². The molecule has 0 atom stereocenters. The van der Waals surface area contributed by atoms with Crippen LogP contribution in [0.15, 0.2) is 0 Å². The highest BCUT2D eigenvalue weighted by molar-refractivity contribution is 7.86. The molecule has 13 heteroatoms. The van der Waals surface area contributed by atoms with Crippen LogP contribution < -0.4 is 0 Å². The molecule has 0 N–H and O–H groups in total. The highest BCUT2D eigenvalue weighted by Gasteiger charge is 2.74. The Hall–Kier alpha value is -0.690. The van der Waals surface area contributed by atoms with Crippen LogP contribution >= 0.6 is 0 Å². The summed E-state index contributed by atoms with van der Waals surface area (Å²) in [6.45, 7) is -1.83. The van der Waals surface area contributed by atoms with Crippen molar-refractivity contribution in [3.05, 3.63) is 0 Å². The Morgan fingerprint density at radius 2 is 1.39 bits per heavy atom. The molecule has 0 saturated heterocycles. The third-order valence-corrected chi connectivity index (χ3v) is 2.29. The van der Waals surface area contributed by atoms with Gasteiger partial charge in [-0.1, -0.05) is 4.39 Å². The Balaban J connectivity index is 4.69. The molecule has 0 aromatic carbocycles. The Labute approximate surface area is 94.5 Å². The molecule has 0 heterocycles. The summed E-state index contributed by atoms with van der Waals surface area (Å²) >= 11 is 0. The third kappa shape index (κ3) is 3.91. The fourth-order valence-electron chi connectivity index (χ4n) is 0.559. The van der Waals surface area contributed by atoms with E-state index >= 15 is 0 Å². The summed E-state index contributed by atoms with van der Waals surface area (Å²) in [7, 11) is -4.97. The van der Waals surface area contributed by atoms with E-state index in [0.717, 1.165) is 0 Å². The zero-order chi connectivity index (χ0) is 14.8. The van der Waals surface area contributed by atoms with Crippen molar-refractivity contribution in [2.45, 2.75) is 18.2 Å². The van der Waals surface area contributed by atoms with Crippen molar-refractivity contribution in [1.82, 2.24) is 0 Å². The number of halogens is 8. The van der Waals surface area contributed by atoms with Crippen LogP contribution in [-0.4, -0.2) is 39.0 Å². The van der Waals surface area contributed by atoms with Crippen molar-refractivity contribution in [3.63, 3.8) is 0 Å². The summed E-state index contributed by atoms with van der Waals surface area (Å²) < 4.78 is 120. The second-order valence-electron chi connectivity index (χ2n) is 2.76. The van der Waals surface area contributed by atoms with Gasteiger partial charge in [0.1, 0.15) is 5.75 Å². The molecule has 0 radical (unpaired) electrons. The maximum absolute atomic E-state index is 12.4. The van der Waals surface area contributed by atoms with Gasteiger partial charge in [0.15, 0.2) is 0 Å². The van der Waals surface area contributed by atoms with Crippen LogP contribution in [0.3, 0.4) is 0 Å². The first kappa shape index (κ1) is 17.3. The second-order valence-corrected chi connectivity index (χ2v) is 4.41. The summed E-state index contributed by atoms with van der Waals surface area (Å²) in [6.07, 6.45) is -12.6.